The van der Waals surface area contributed by atoms with Gasteiger partial charge in [-0.2, -0.15) is 0 Å². The molecular weight excluding hydrogens is 499 g/mol. The van der Waals surface area contributed by atoms with Crippen LogP contribution in [0.2, 0.25) is 10.0 Å². The molecule has 3 aromatic rings. The molecule has 5 rings (SSSR count). The number of aryl methyl sites for hydroxylation is 1. The molecular formula is C28H30Cl2N2O4. The lowest BCUT2D eigenvalue weighted by Gasteiger charge is -2.24. The van der Waals surface area contributed by atoms with Crippen molar-refractivity contribution >= 4 is 34.9 Å². The molecule has 1 aromatic heterocycles. The quantitative estimate of drug-likeness (QED) is 0.302. The van der Waals surface area contributed by atoms with E-state index in [-0.39, 0.29) is 12.1 Å². The molecule has 1 atom stereocenters. The molecule has 6 nitrogen and oxygen atoms in total. The van der Waals surface area contributed by atoms with Crippen molar-refractivity contribution in [2.45, 2.75) is 57.7 Å². The number of halogens is 2. The molecule has 0 N–H and O–H groups in total. The standard InChI is InChI=1S/C28H30Cl2N2O4/c1-17-15-19(10-11-21(17)28(33)34-2)32-13-4-5-20(12-14-32)35-16-22-26(31-36-27(22)18-8-9-18)25-23(29)6-3-7-24(25)30/h3,6-7,10-11,15,18,20H,4-5,8-9,12-14,16H2,1-2H3. The van der Waals surface area contributed by atoms with E-state index in [1.54, 1.807) is 0 Å². The lowest BCUT2D eigenvalue weighted by molar-refractivity contribution is 0.0328. The minimum atomic E-state index is -0.305. The van der Waals surface area contributed by atoms with Gasteiger partial charge in [0.15, 0.2) is 0 Å². The van der Waals surface area contributed by atoms with E-state index in [4.69, 9.17) is 37.2 Å². The number of esters is 1. The molecule has 0 bridgehead atoms. The second-order valence-electron chi connectivity index (χ2n) is 9.59. The highest BCUT2D eigenvalue weighted by Gasteiger charge is 2.34. The normalized spacial score (nSPS) is 18.2. The van der Waals surface area contributed by atoms with Crippen LogP contribution in [-0.2, 0) is 16.1 Å². The zero-order valence-corrected chi connectivity index (χ0v) is 22.1. The number of nitrogens with zero attached hydrogens (tertiary/aromatic N) is 2. The summed E-state index contributed by atoms with van der Waals surface area (Å²) in [4.78, 5) is 14.3. The molecule has 190 valence electrons. The first-order chi connectivity index (χ1) is 17.5. The molecule has 1 saturated heterocycles. The average Bonchev–Trinajstić information content (AvgIpc) is 3.67. The van der Waals surface area contributed by atoms with Crippen LogP contribution in [0.4, 0.5) is 5.69 Å². The Morgan fingerprint density at radius 1 is 1.11 bits per heavy atom. The maximum Gasteiger partial charge on any atom is 0.338 e. The highest BCUT2D eigenvalue weighted by Crippen LogP contribution is 2.46. The number of hydrogen-bond donors (Lipinski definition) is 0. The van der Waals surface area contributed by atoms with E-state index >= 15 is 0 Å². The Morgan fingerprint density at radius 3 is 2.58 bits per heavy atom. The van der Waals surface area contributed by atoms with Gasteiger partial charge in [0.2, 0.25) is 0 Å². The summed E-state index contributed by atoms with van der Waals surface area (Å²) >= 11 is 13.0. The fourth-order valence-corrected chi connectivity index (χ4v) is 5.50. The highest BCUT2D eigenvalue weighted by atomic mass is 35.5. The van der Waals surface area contributed by atoms with Crippen LogP contribution in [0.5, 0.6) is 0 Å². The van der Waals surface area contributed by atoms with Crippen molar-refractivity contribution in [3.63, 3.8) is 0 Å². The number of carbonyl (C=O) groups is 1. The van der Waals surface area contributed by atoms with Crippen molar-refractivity contribution in [2.24, 2.45) is 0 Å². The summed E-state index contributed by atoms with van der Waals surface area (Å²) in [6.45, 7) is 4.19. The summed E-state index contributed by atoms with van der Waals surface area (Å²) < 4.78 is 17.1. The van der Waals surface area contributed by atoms with Gasteiger partial charge >= 0.3 is 5.97 Å². The SMILES string of the molecule is COC(=O)c1ccc(N2CCCC(OCc3c(-c4c(Cl)cccc4Cl)noc3C3CC3)CC2)cc1C. The van der Waals surface area contributed by atoms with Crippen molar-refractivity contribution < 1.29 is 18.8 Å². The smallest absolute Gasteiger partial charge is 0.338 e. The molecule has 36 heavy (non-hydrogen) atoms. The second kappa shape index (κ2) is 10.8. The summed E-state index contributed by atoms with van der Waals surface area (Å²) in [5.41, 5.74) is 4.99. The molecule has 2 aromatic carbocycles. The van der Waals surface area contributed by atoms with Gasteiger partial charge < -0.3 is 18.9 Å². The Hall–Kier alpha value is -2.54. The molecule has 0 amide bonds. The lowest BCUT2D eigenvalue weighted by Crippen LogP contribution is -2.25. The fraction of sp³-hybridized carbons (Fsp3) is 0.429. The van der Waals surface area contributed by atoms with Gasteiger partial charge in [0.1, 0.15) is 11.5 Å². The minimum Gasteiger partial charge on any atom is -0.465 e. The van der Waals surface area contributed by atoms with Crippen molar-refractivity contribution in [1.29, 1.82) is 0 Å². The number of ether oxygens (including phenoxy) is 2. The lowest BCUT2D eigenvalue weighted by atomic mass is 10.0. The van der Waals surface area contributed by atoms with E-state index in [0.717, 1.165) is 67.8 Å². The van der Waals surface area contributed by atoms with Crippen LogP contribution in [0.25, 0.3) is 11.3 Å². The van der Waals surface area contributed by atoms with Crippen LogP contribution >= 0.6 is 23.2 Å². The highest BCUT2D eigenvalue weighted by molar-refractivity contribution is 6.39. The van der Waals surface area contributed by atoms with Crippen LogP contribution in [-0.4, -0.2) is 37.4 Å². The third-order valence-electron chi connectivity index (χ3n) is 7.09. The number of methoxy groups -OCH3 is 1. The van der Waals surface area contributed by atoms with Crippen LogP contribution in [0.15, 0.2) is 40.9 Å². The van der Waals surface area contributed by atoms with Gasteiger partial charge in [0.25, 0.3) is 0 Å². The summed E-state index contributed by atoms with van der Waals surface area (Å²) in [5.74, 6) is 0.990. The van der Waals surface area contributed by atoms with Gasteiger partial charge in [-0.25, -0.2) is 4.79 Å². The maximum absolute atomic E-state index is 11.9. The van der Waals surface area contributed by atoms with Gasteiger partial charge in [-0.1, -0.05) is 34.4 Å². The first kappa shape index (κ1) is 25.1. The number of hydrogen-bond acceptors (Lipinski definition) is 6. The Kier molecular flexibility index (Phi) is 7.56. The number of benzene rings is 2. The predicted molar refractivity (Wildman–Crippen MR) is 141 cm³/mol. The van der Waals surface area contributed by atoms with E-state index in [1.165, 1.54) is 7.11 Å². The topological polar surface area (TPSA) is 64.8 Å². The molecule has 1 aliphatic carbocycles. The summed E-state index contributed by atoms with van der Waals surface area (Å²) in [6.07, 6.45) is 5.23. The average molecular weight is 529 g/mol. The largest absolute Gasteiger partial charge is 0.465 e. The van der Waals surface area contributed by atoms with E-state index in [2.05, 4.69) is 16.1 Å². The van der Waals surface area contributed by atoms with Crippen LogP contribution in [0.1, 0.15) is 65.3 Å². The predicted octanol–water partition coefficient (Wildman–Crippen LogP) is 7.20. The Labute approximate surface area is 221 Å². The van der Waals surface area contributed by atoms with Gasteiger partial charge in [-0.05, 0) is 74.9 Å². The third kappa shape index (κ3) is 5.26. The van der Waals surface area contributed by atoms with Crippen molar-refractivity contribution in [3.8, 4) is 11.3 Å². The third-order valence-corrected chi connectivity index (χ3v) is 7.72. The number of aromatic nitrogens is 1. The summed E-state index contributed by atoms with van der Waals surface area (Å²) in [6, 6.07) is 11.4. The maximum atomic E-state index is 11.9. The van der Waals surface area contributed by atoms with Crippen molar-refractivity contribution in [3.05, 3.63) is 68.9 Å². The molecule has 2 heterocycles. The van der Waals surface area contributed by atoms with Crippen LogP contribution < -0.4 is 4.90 Å². The Morgan fingerprint density at radius 2 is 1.89 bits per heavy atom. The van der Waals surface area contributed by atoms with Crippen molar-refractivity contribution in [2.75, 3.05) is 25.1 Å². The molecule has 1 saturated carbocycles. The minimum absolute atomic E-state index is 0.127. The molecule has 8 heteroatoms. The molecule has 2 fully saturated rings. The fourth-order valence-electron chi connectivity index (χ4n) is 4.92. The van der Waals surface area contributed by atoms with E-state index in [0.29, 0.717) is 39.4 Å². The zero-order valence-electron chi connectivity index (χ0n) is 20.6. The molecule has 2 aliphatic rings. The van der Waals surface area contributed by atoms with Gasteiger partial charge in [0, 0.05) is 35.8 Å². The Balaban J connectivity index is 1.28. The first-order valence-electron chi connectivity index (χ1n) is 12.4. The molecule has 1 unspecified atom stereocenters. The van der Waals surface area contributed by atoms with Crippen LogP contribution in [0.3, 0.4) is 0 Å². The van der Waals surface area contributed by atoms with Gasteiger partial charge in [-0.3, -0.25) is 0 Å². The molecule has 0 radical (unpaired) electrons. The van der Waals surface area contributed by atoms with Gasteiger partial charge in [-0.15, -0.1) is 0 Å². The monoisotopic (exact) mass is 528 g/mol. The second-order valence-corrected chi connectivity index (χ2v) is 10.4. The molecule has 0 spiro atoms. The Bertz CT molecular complexity index is 1230. The van der Waals surface area contributed by atoms with Crippen LogP contribution in [0, 0.1) is 6.92 Å². The summed E-state index contributed by atoms with van der Waals surface area (Å²) in [7, 11) is 1.41. The first-order valence-corrected chi connectivity index (χ1v) is 13.2. The number of rotatable bonds is 7. The number of carbonyl (C=O) groups excluding carboxylic acids is 1. The van der Waals surface area contributed by atoms with Crippen molar-refractivity contribution in [1.82, 2.24) is 5.16 Å². The summed E-state index contributed by atoms with van der Waals surface area (Å²) in [5, 5.41) is 5.48. The van der Waals surface area contributed by atoms with Gasteiger partial charge in [0.05, 0.1) is 35.4 Å². The van der Waals surface area contributed by atoms with E-state index in [1.807, 2.05) is 37.3 Å². The van der Waals surface area contributed by atoms with E-state index in [9.17, 15) is 4.79 Å². The molecule has 1 aliphatic heterocycles. The number of anilines is 1. The van der Waals surface area contributed by atoms with E-state index < -0.39 is 0 Å². The zero-order chi connectivity index (χ0) is 25.2.